The first-order valence-electron chi connectivity index (χ1n) is 8.24. The number of carbonyl (C=O) groups excluding carboxylic acids is 3. The second kappa shape index (κ2) is 6.23. The second-order valence-electron chi connectivity index (χ2n) is 6.17. The van der Waals surface area contributed by atoms with E-state index in [1.807, 2.05) is 0 Å². The van der Waals surface area contributed by atoms with E-state index in [1.165, 1.54) is 6.26 Å². The third kappa shape index (κ3) is 2.86. The lowest BCUT2D eigenvalue weighted by Crippen LogP contribution is -2.31. The second-order valence-corrected chi connectivity index (χ2v) is 6.17. The highest BCUT2D eigenvalue weighted by Gasteiger charge is 2.33. The van der Waals surface area contributed by atoms with Gasteiger partial charge in [-0.1, -0.05) is 0 Å². The normalized spacial score (nSPS) is 18.0. The zero-order valence-corrected chi connectivity index (χ0v) is 13.6. The minimum atomic E-state index is -0.725. The third-order valence-electron chi connectivity index (χ3n) is 4.51. The number of anilines is 1. The molecule has 0 saturated heterocycles. The molecule has 3 aliphatic rings. The molecule has 0 N–H and O–H groups in total. The number of hydrogen-bond donors (Lipinski definition) is 0. The molecule has 0 unspecified atom stereocenters. The first kappa shape index (κ1) is 15.7. The van der Waals surface area contributed by atoms with E-state index in [-0.39, 0.29) is 30.7 Å². The Labute approximate surface area is 144 Å². The largest absolute Gasteiger partial charge is 0.493 e. The van der Waals surface area contributed by atoms with Gasteiger partial charge < -0.3 is 19.1 Å². The van der Waals surface area contributed by atoms with Gasteiger partial charge in [0.1, 0.15) is 19.5 Å². The highest BCUT2D eigenvalue weighted by Crippen LogP contribution is 2.37. The van der Waals surface area contributed by atoms with Gasteiger partial charge in [0.05, 0.1) is 12.1 Å². The molecule has 1 amide bonds. The molecule has 0 aromatic heterocycles. The van der Waals surface area contributed by atoms with Crippen molar-refractivity contribution in [2.75, 3.05) is 31.3 Å². The number of aryl methyl sites for hydroxylation is 1. The van der Waals surface area contributed by atoms with Crippen molar-refractivity contribution in [3.05, 3.63) is 40.8 Å². The smallest absolute Gasteiger partial charge is 0.377 e. The van der Waals surface area contributed by atoms with Crippen LogP contribution in [-0.4, -0.2) is 44.0 Å². The molecule has 0 aliphatic carbocycles. The highest BCUT2D eigenvalue weighted by atomic mass is 16.6. The Morgan fingerprint density at radius 1 is 1.20 bits per heavy atom. The molecule has 0 bridgehead atoms. The molecule has 1 aromatic carbocycles. The zero-order chi connectivity index (χ0) is 17.4. The molecule has 0 saturated carbocycles. The van der Waals surface area contributed by atoms with E-state index < -0.39 is 5.97 Å². The van der Waals surface area contributed by atoms with Crippen LogP contribution in [0.2, 0.25) is 0 Å². The van der Waals surface area contributed by atoms with Crippen LogP contribution in [0.5, 0.6) is 0 Å². The van der Waals surface area contributed by atoms with Gasteiger partial charge in [-0.2, -0.15) is 0 Å². The van der Waals surface area contributed by atoms with Crippen molar-refractivity contribution in [2.45, 2.75) is 19.3 Å². The van der Waals surface area contributed by atoms with Crippen molar-refractivity contribution in [2.24, 2.45) is 0 Å². The molecule has 7 heteroatoms. The lowest BCUT2D eigenvalue weighted by atomic mass is 9.95. The van der Waals surface area contributed by atoms with Gasteiger partial charge in [-0.05, 0) is 36.1 Å². The van der Waals surface area contributed by atoms with E-state index in [4.69, 9.17) is 14.2 Å². The molecule has 0 radical (unpaired) electrons. The fourth-order valence-corrected chi connectivity index (χ4v) is 3.40. The molecule has 4 rings (SSSR count). The fraction of sp³-hybridized carbons (Fsp3) is 0.389. The zero-order valence-electron chi connectivity index (χ0n) is 13.6. The van der Waals surface area contributed by atoms with Crippen LogP contribution in [0.25, 0.3) is 0 Å². The van der Waals surface area contributed by atoms with Crippen molar-refractivity contribution in [3.8, 4) is 0 Å². The van der Waals surface area contributed by atoms with Crippen molar-refractivity contribution in [1.82, 2.24) is 0 Å². The molecular weight excluding hydrogens is 326 g/mol. The van der Waals surface area contributed by atoms with Crippen molar-refractivity contribution >= 4 is 23.3 Å². The van der Waals surface area contributed by atoms with Gasteiger partial charge in [0, 0.05) is 12.1 Å². The van der Waals surface area contributed by atoms with Crippen molar-refractivity contribution < 1.29 is 28.6 Å². The summed E-state index contributed by atoms with van der Waals surface area (Å²) in [5.74, 6) is -0.990. The molecule has 0 spiro atoms. The molecular formula is C18H17NO6. The number of esters is 1. The van der Waals surface area contributed by atoms with Crippen LogP contribution in [0.3, 0.4) is 0 Å². The quantitative estimate of drug-likeness (QED) is 0.602. The molecule has 7 nitrogen and oxygen atoms in total. The van der Waals surface area contributed by atoms with E-state index >= 15 is 0 Å². The number of carbonyl (C=O) groups is 3. The summed E-state index contributed by atoms with van der Waals surface area (Å²) in [4.78, 5) is 38.1. The predicted octanol–water partition coefficient (Wildman–Crippen LogP) is 1.14. The van der Waals surface area contributed by atoms with Crippen LogP contribution in [0, 0.1) is 0 Å². The lowest BCUT2D eigenvalue weighted by molar-refractivity contribution is -0.143. The van der Waals surface area contributed by atoms with E-state index in [0.717, 1.165) is 36.2 Å². The van der Waals surface area contributed by atoms with Crippen molar-refractivity contribution in [3.63, 3.8) is 0 Å². The van der Waals surface area contributed by atoms with Crippen LogP contribution < -0.4 is 4.90 Å². The number of benzene rings is 1. The van der Waals surface area contributed by atoms with Crippen LogP contribution in [-0.2, 0) is 36.6 Å². The number of rotatable bonds is 4. The van der Waals surface area contributed by atoms with Crippen LogP contribution in [0.15, 0.2) is 24.2 Å². The molecule has 0 fully saturated rings. The molecule has 130 valence electrons. The summed E-state index contributed by atoms with van der Waals surface area (Å²) in [6.45, 7) is 1.01. The van der Waals surface area contributed by atoms with Gasteiger partial charge in [0.2, 0.25) is 11.7 Å². The molecule has 25 heavy (non-hydrogen) atoms. The molecule has 0 atom stereocenters. The summed E-state index contributed by atoms with van der Waals surface area (Å²) in [6, 6.07) is 3.54. The van der Waals surface area contributed by atoms with Gasteiger partial charge in [-0.3, -0.25) is 9.59 Å². The highest BCUT2D eigenvalue weighted by molar-refractivity contribution is 6.05. The first-order chi connectivity index (χ1) is 12.1. The maximum atomic E-state index is 12.4. The Bertz CT molecular complexity index is 797. The summed E-state index contributed by atoms with van der Waals surface area (Å²) in [5, 5.41) is 0. The fourth-order valence-electron chi connectivity index (χ4n) is 3.40. The summed E-state index contributed by atoms with van der Waals surface area (Å²) in [6.07, 6.45) is 3.23. The predicted molar refractivity (Wildman–Crippen MR) is 86.1 cm³/mol. The summed E-state index contributed by atoms with van der Waals surface area (Å²) < 4.78 is 15.1. The van der Waals surface area contributed by atoms with Gasteiger partial charge in [-0.25, -0.2) is 4.79 Å². The Morgan fingerprint density at radius 2 is 2.04 bits per heavy atom. The van der Waals surface area contributed by atoms with Gasteiger partial charge in [0.15, 0.2) is 12.4 Å². The van der Waals surface area contributed by atoms with E-state index in [1.54, 1.807) is 17.0 Å². The number of hydrogen-bond acceptors (Lipinski definition) is 6. The Balaban J connectivity index is 1.48. The van der Waals surface area contributed by atoms with Crippen LogP contribution in [0.1, 0.15) is 27.9 Å². The maximum Gasteiger partial charge on any atom is 0.377 e. The number of amides is 1. The van der Waals surface area contributed by atoms with Crippen molar-refractivity contribution in [1.29, 1.82) is 0 Å². The maximum absolute atomic E-state index is 12.4. The average Bonchev–Trinajstić information content (AvgIpc) is 2.97. The minimum Gasteiger partial charge on any atom is -0.493 e. The number of ether oxygens (including phenoxy) is 3. The lowest BCUT2D eigenvalue weighted by Gasteiger charge is -2.25. The Morgan fingerprint density at radius 3 is 2.84 bits per heavy atom. The minimum absolute atomic E-state index is 0.0377. The standard InChI is InChI=1S/C18H17NO6/c20-14(9-25-18(22)15-10-23-4-5-24-15)12-6-11-2-1-3-19-16(21)8-13(7-12)17(11)19/h6-7,10H,1-5,8-9H2. The van der Waals surface area contributed by atoms with E-state index in [2.05, 4.69) is 0 Å². The summed E-state index contributed by atoms with van der Waals surface area (Å²) in [7, 11) is 0. The molecule has 1 aromatic rings. The van der Waals surface area contributed by atoms with Gasteiger partial charge >= 0.3 is 5.97 Å². The van der Waals surface area contributed by atoms with E-state index in [9.17, 15) is 14.4 Å². The number of ketones is 1. The average molecular weight is 343 g/mol. The third-order valence-corrected chi connectivity index (χ3v) is 4.51. The van der Waals surface area contributed by atoms with E-state index in [0.29, 0.717) is 18.6 Å². The summed E-state index contributed by atoms with van der Waals surface area (Å²) in [5.41, 5.74) is 3.31. The molecule has 3 aliphatic heterocycles. The first-order valence-corrected chi connectivity index (χ1v) is 8.24. The SMILES string of the molecule is O=C(OCC(=O)c1cc2c3c(c1)CC(=O)N3CCC2)C1=COCCO1. The Hall–Kier alpha value is -2.83. The summed E-state index contributed by atoms with van der Waals surface area (Å²) >= 11 is 0. The number of Topliss-reactive ketones (excluding diaryl/α,β-unsaturated/α-hetero) is 1. The molecule has 3 heterocycles. The monoisotopic (exact) mass is 343 g/mol. The number of nitrogens with zero attached hydrogens (tertiary/aromatic N) is 1. The van der Waals surface area contributed by atoms with Gasteiger partial charge in [-0.15, -0.1) is 0 Å². The van der Waals surface area contributed by atoms with Crippen LogP contribution in [0.4, 0.5) is 5.69 Å². The van der Waals surface area contributed by atoms with Gasteiger partial charge in [0.25, 0.3) is 0 Å². The Kier molecular flexibility index (Phi) is 3.91. The van der Waals surface area contributed by atoms with Crippen LogP contribution >= 0.6 is 0 Å². The topological polar surface area (TPSA) is 82.1 Å².